The standard InChI is InChI=1S/BFH3OP/c2-4-1-3/h1,3-4H. The first-order valence-electron chi connectivity index (χ1n) is 0.859. The number of halogens is 1. The van der Waals surface area contributed by atoms with Crippen LogP contribution >= 0.6 is 8.77 Å². The third kappa shape index (κ3) is 2.38. The van der Waals surface area contributed by atoms with E-state index in [9.17, 15) is 4.20 Å². The second kappa shape index (κ2) is 3.38. The summed E-state index contributed by atoms with van der Waals surface area (Å²) in [6, 6.07) is 0. The smallest absolute Gasteiger partial charge is 0.332 e. The molecule has 0 aromatic rings. The third-order valence-electron chi connectivity index (χ3n) is 0.0598. The predicted molar refractivity (Wildman–Crippen MR) is 18.8 cm³/mol. The van der Waals surface area contributed by atoms with Gasteiger partial charge < -0.3 is 5.02 Å². The van der Waals surface area contributed by atoms with Crippen molar-refractivity contribution in [3.05, 3.63) is 0 Å². The van der Waals surface area contributed by atoms with E-state index in [-0.39, 0.29) is 7.20 Å². The van der Waals surface area contributed by atoms with Crippen molar-refractivity contribution < 1.29 is 9.22 Å². The van der Waals surface area contributed by atoms with Crippen LogP contribution in [0.5, 0.6) is 0 Å². The van der Waals surface area contributed by atoms with Gasteiger partial charge in [-0.05, 0) is 0 Å². The summed E-state index contributed by atoms with van der Waals surface area (Å²) in [6.07, 6.45) is 0. The Morgan fingerprint density at radius 2 is 2.25 bits per heavy atom. The third-order valence-corrected chi connectivity index (χ3v) is 0.179. The zero-order valence-corrected chi connectivity index (χ0v) is 3.03. The van der Waals surface area contributed by atoms with Crippen molar-refractivity contribution in [1.82, 2.24) is 0 Å². The average molecular weight is 79.8 g/mol. The van der Waals surface area contributed by atoms with Gasteiger partial charge in [-0.2, -0.15) is 0 Å². The van der Waals surface area contributed by atoms with Gasteiger partial charge in [0.2, 0.25) is 0 Å². The van der Waals surface area contributed by atoms with Crippen LogP contribution in [0.1, 0.15) is 0 Å². The summed E-state index contributed by atoms with van der Waals surface area (Å²) in [5.74, 6) is 0. The normalized spacial score (nSPS) is 9.50. The minimum absolute atomic E-state index is 0.319. The van der Waals surface area contributed by atoms with Gasteiger partial charge in [0.25, 0.3) is 0 Å². The number of hydrogen-bond donors (Lipinski definition) is 1. The highest BCUT2D eigenvalue weighted by Gasteiger charge is 1.69. The first-order valence-corrected chi connectivity index (χ1v) is 1.94. The van der Waals surface area contributed by atoms with Gasteiger partial charge in [-0.25, -0.2) is 4.20 Å². The second-order valence-corrected chi connectivity index (χ2v) is 0.875. The molecule has 24 valence electrons. The van der Waals surface area contributed by atoms with Crippen LogP contribution in [0.25, 0.3) is 0 Å². The van der Waals surface area contributed by atoms with Crippen molar-refractivity contribution in [3.8, 4) is 0 Å². The molecule has 0 fully saturated rings. The highest BCUT2D eigenvalue weighted by Crippen LogP contribution is 2.01. The molecule has 0 aromatic heterocycles. The zero-order chi connectivity index (χ0) is 3.41. The van der Waals surface area contributed by atoms with E-state index < -0.39 is 8.77 Å². The van der Waals surface area contributed by atoms with Gasteiger partial charge in [-0.1, -0.05) is 0 Å². The molecule has 0 aliphatic carbocycles. The highest BCUT2D eigenvalue weighted by atomic mass is 31.1. The van der Waals surface area contributed by atoms with E-state index in [1.54, 1.807) is 0 Å². The molecule has 1 unspecified atom stereocenters. The molecule has 1 atom stereocenters. The minimum atomic E-state index is -0.804. The number of rotatable bonds is 1. The summed E-state index contributed by atoms with van der Waals surface area (Å²) in [6.45, 7) is 0. The number of hydrogen-bond acceptors (Lipinski definition) is 1. The molecule has 4 heavy (non-hydrogen) atoms. The largest absolute Gasteiger partial charge is 0.448 e. The lowest BCUT2D eigenvalue weighted by Gasteiger charge is -1.60. The Hall–Kier alpha value is 0.385. The van der Waals surface area contributed by atoms with Crippen molar-refractivity contribution in [1.29, 1.82) is 0 Å². The fourth-order valence-corrected chi connectivity index (χ4v) is 0. The fraction of sp³-hybridized carbons (Fsp3) is 0. The van der Waals surface area contributed by atoms with Crippen LogP contribution in [0.15, 0.2) is 0 Å². The monoisotopic (exact) mass is 80.0 g/mol. The first kappa shape index (κ1) is 4.38. The van der Waals surface area contributed by atoms with E-state index in [0.29, 0.717) is 0 Å². The minimum Gasteiger partial charge on any atom is -0.448 e. The fourth-order valence-electron chi connectivity index (χ4n) is 0. The van der Waals surface area contributed by atoms with Crippen LogP contribution in [-0.4, -0.2) is 12.2 Å². The summed E-state index contributed by atoms with van der Waals surface area (Å²) in [4.78, 5) is 0. The Balaban J connectivity index is 1.97. The summed E-state index contributed by atoms with van der Waals surface area (Å²) in [5, 5.41) is 7.51. The molecule has 0 aromatic carbocycles. The van der Waals surface area contributed by atoms with Gasteiger partial charge in [0.05, 0.1) is 8.77 Å². The maximum Gasteiger partial charge on any atom is 0.332 e. The Labute approximate surface area is 26.4 Å². The zero-order valence-electron chi connectivity index (χ0n) is 2.03. The molecular formula is H3BFOP. The predicted octanol–water partition coefficient (Wildman–Crippen LogP) is -0.192. The molecule has 0 amide bonds. The van der Waals surface area contributed by atoms with Crippen LogP contribution in [0, 0.1) is 0 Å². The Bertz CT molecular complexity index is 10.0. The van der Waals surface area contributed by atoms with E-state index in [2.05, 4.69) is 0 Å². The SMILES string of the molecule is OBPF. The van der Waals surface area contributed by atoms with Gasteiger partial charge in [0.1, 0.15) is 0 Å². The van der Waals surface area contributed by atoms with E-state index >= 15 is 0 Å². The van der Waals surface area contributed by atoms with Crippen LogP contribution in [0.2, 0.25) is 0 Å². The van der Waals surface area contributed by atoms with Crippen LogP contribution in [-0.2, 0) is 0 Å². The topological polar surface area (TPSA) is 20.2 Å². The summed E-state index contributed by atoms with van der Waals surface area (Å²) in [7, 11) is -1.12. The Morgan fingerprint density at radius 1 is 2.00 bits per heavy atom. The maximum absolute atomic E-state index is 10.5. The highest BCUT2D eigenvalue weighted by molar-refractivity contribution is 7.65. The van der Waals surface area contributed by atoms with Crippen molar-refractivity contribution in [2.45, 2.75) is 0 Å². The van der Waals surface area contributed by atoms with E-state index in [1.807, 2.05) is 0 Å². The second-order valence-electron chi connectivity index (χ2n) is 0.292. The molecule has 0 aliphatic heterocycles. The van der Waals surface area contributed by atoms with Crippen LogP contribution < -0.4 is 0 Å². The molecule has 0 saturated carbocycles. The van der Waals surface area contributed by atoms with E-state index in [0.717, 1.165) is 0 Å². The molecule has 0 rings (SSSR count). The molecule has 4 heteroatoms. The Kier molecular flexibility index (Phi) is 3.71. The molecule has 0 heterocycles. The van der Waals surface area contributed by atoms with Gasteiger partial charge in [-0.3, -0.25) is 0 Å². The Morgan fingerprint density at radius 3 is 2.25 bits per heavy atom. The van der Waals surface area contributed by atoms with Crippen molar-refractivity contribution >= 4 is 16.0 Å². The lowest BCUT2D eigenvalue weighted by Crippen LogP contribution is -1.63. The molecular weight excluding hydrogens is 76.8 g/mol. The quantitative estimate of drug-likeness (QED) is 0.341. The van der Waals surface area contributed by atoms with Crippen molar-refractivity contribution in [2.24, 2.45) is 0 Å². The average Bonchev–Trinajstić information content (AvgIpc) is 1.37. The van der Waals surface area contributed by atoms with Crippen molar-refractivity contribution in [2.75, 3.05) is 0 Å². The molecule has 0 bridgehead atoms. The maximum atomic E-state index is 10.5. The van der Waals surface area contributed by atoms with Gasteiger partial charge in [0, 0.05) is 0 Å². The van der Waals surface area contributed by atoms with Crippen LogP contribution in [0.3, 0.4) is 0 Å². The molecule has 0 spiro atoms. The lowest BCUT2D eigenvalue weighted by atomic mass is 10.6. The van der Waals surface area contributed by atoms with Gasteiger partial charge in [0.15, 0.2) is 0 Å². The summed E-state index contributed by atoms with van der Waals surface area (Å²) >= 11 is 0. The van der Waals surface area contributed by atoms with Gasteiger partial charge >= 0.3 is 7.20 Å². The van der Waals surface area contributed by atoms with E-state index in [1.165, 1.54) is 0 Å². The van der Waals surface area contributed by atoms with Gasteiger partial charge in [-0.15, -0.1) is 0 Å². The molecule has 0 aliphatic rings. The molecule has 0 radical (unpaired) electrons. The molecule has 0 saturated heterocycles. The van der Waals surface area contributed by atoms with Crippen LogP contribution in [0.4, 0.5) is 4.20 Å². The summed E-state index contributed by atoms with van der Waals surface area (Å²) < 4.78 is 10.5. The van der Waals surface area contributed by atoms with Crippen molar-refractivity contribution in [3.63, 3.8) is 0 Å². The van der Waals surface area contributed by atoms with E-state index in [4.69, 9.17) is 5.02 Å². The lowest BCUT2D eigenvalue weighted by molar-refractivity contribution is 0.620. The first-order chi connectivity index (χ1) is 1.91. The summed E-state index contributed by atoms with van der Waals surface area (Å²) in [5.41, 5.74) is 0. The molecule has 1 nitrogen and oxygen atoms in total. The molecule has 1 N–H and O–H groups in total.